The molecule has 0 aliphatic heterocycles. The average Bonchev–Trinajstić information content (AvgIpc) is 2.68. The van der Waals surface area contributed by atoms with Crippen molar-refractivity contribution in [1.29, 1.82) is 0 Å². The molecule has 2 rings (SSSR count). The summed E-state index contributed by atoms with van der Waals surface area (Å²) in [6, 6.07) is 13.7. The topological polar surface area (TPSA) is 85.9 Å². The molecule has 2 N–H and O–H groups in total. The lowest BCUT2D eigenvalue weighted by Crippen LogP contribution is -2.30. The van der Waals surface area contributed by atoms with Gasteiger partial charge in [0, 0.05) is 24.9 Å². The molecule has 1 atom stereocenters. The van der Waals surface area contributed by atoms with Crippen molar-refractivity contribution < 1.29 is 23.8 Å². The van der Waals surface area contributed by atoms with Crippen molar-refractivity contribution in [2.24, 2.45) is 0 Å². The van der Waals surface area contributed by atoms with Gasteiger partial charge in [0.15, 0.2) is 6.10 Å². The molecule has 0 heterocycles. The van der Waals surface area contributed by atoms with Gasteiger partial charge in [-0.1, -0.05) is 6.07 Å². The minimum absolute atomic E-state index is 0.231. The van der Waals surface area contributed by atoms with Gasteiger partial charge >= 0.3 is 0 Å². The Hall–Kier alpha value is -3.06. The Kier molecular flexibility index (Phi) is 7.63. The zero-order chi connectivity index (χ0) is 19.6. The first kappa shape index (κ1) is 20.3. The Bertz CT molecular complexity index is 761. The third-order valence-corrected chi connectivity index (χ3v) is 3.73. The number of hydrogen-bond donors (Lipinski definition) is 2. The summed E-state index contributed by atoms with van der Waals surface area (Å²) in [7, 11) is 3.15. The van der Waals surface area contributed by atoms with E-state index in [0.717, 1.165) is 0 Å². The minimum Gasteiger partial charge on any atom is -0.497 e. The lowest BCUT2D eigenvalue weighted by atomic mass is 10.2. The van der Waals surface area contributed by atoms with Crippen LogP contribution in [0.15, 0.2) is 48.5 Å². The molecule has 2 amide bonds. The molecule has 144 valence electrons. The standard InChI is InChI=1S/C20H24N2O5/c1-14(27-18-9-7-17(26-3)8-10-18)19(23)22-16-6-4-5-15(13-16)20(24)21-11-12-25-2/h4-10,13-14H,11-12H2,1-3H3,(H,21,24)(H,22,23). The van der Waals surface area contributed by atoms with Gasteiger partial charge in [-0.3, -0.25) is 9.59 Å². The fraction of sp³-hybridized carbons (Fsp3) is 0.300. The van der Waals surface area contributed by atoms with E-state index in [1.165, 1.54) is 0 Å². The molecule has 0 fully saturated rings. The second kappa shape index (κ2) is 10.2. The van der Waals surface area contributed by atoms with Crippen LogP contribution in [-0.4, -0.2) is 45.3 Å². The molecule has 0 aromatic heterocycles. The highest BCUT2D eigenvalue weighted by atomic mass is 16.5. The lowest BCUT2D eigenvalue weighted by Gasteiger charge is -2.15. The summed E-state index contributed by atoms with van der Waals surface area (Å²) >= 11 is 0. The second-order valence-corrected chi connectivity index (χ2v) is 5.75. The SMILES string of the molecule is COCCNC(=O)c1cccc(NC(=O)C(C)Oc2ccc(OC)cc2)c1. The first-order chi connectivity index (χ1) is 13.0. The van der Waals surface area contributed by atoms with E-state index in [1.54, 1.807) is 69.7 Å². The van der Waals surface area contributed by atoms with Crippen LogP contribution in [0.1, 0.15) is 17.3 Å². The number of carbonyl (C=O) groups excluding carboxylic acids is 2. The molecule has 7 heteroatoms. The third kappa shape index (κ3) is 6.31. The van der Waals surface area contributed by atoms with Crippen molar-refractivity contribution in [3.05, 3.63) is 54.1 Å². The molecule has 0 spiro atoms. The molecule has 0 saturated carbocycles. The van der Waals surface area contributed by atoms with E-state index in [2.05, 4.69) is 10.6 Å². The zero-order valence-corrected chi connectivity index (χ0v) is 15.7. The van der Waals surface area contributed by atoms with E-state index in [-0.39, 0.29) is 11.8 Å². The quantitative estimate of drug-likeness (QED) is 0.661. The summed E-state index contributed by atoms with van der Waals surface area (Å²) in [5.74, 6) is 0.721. The van der Waals surface area contributed by atoms with E-state index >= 15 is 0 Å². The van der Waals surface area contributed by atoms with Crippen molar-refractivity contribution in [2.75, 3.05) is 32.7 Å². The summed E-state index contributed by atoms with van der Waals surface area (Å²) in [5.41, 5.74) is 0.970. The second-order valence-electron chi connectivity index (χ2n) is 5.75. The molecule has 0 aliphatic carbocycles. The monoisotopic (exact) mass is 372 g/mol. The number of nitrogens with one attached hydrogen (secondary N) is 2. The molecule has 0 aliphatic rings. The number of amides is 2. The molecular weight excluding hydrogens is 348 g/mol. The van der Waals surface area contributed by atoms with Gasteiger partial charge in [-0.2, -0.15) is 0 Å². The number of benzene rings is 2. The third-order valence-electron chi connectivity index (χ3n) is 3.73. The molecule has 7 nitrogen and oxygen atoms in total. The summed E-state index contributed by atoms with van der Waals surface area (Å²) in [4.78, 5) is 24.4. The molecule has 27 heavy (non-hydrogen) atoms. The molecule has 2 aromatic carbocycles. The Morgan fingerprint density at radius 1 is 1.04 bits per heavy atom. The van der Waals surface area contributed by atoms with E-state index in [1.807, 2.05) is 0 Å². The fourth-order valence-corrected chi connectivity index (χ4v) is 2.26. The van der Waals surface area contributed by atoms with Crippen LogP contribution < -0.4 is 20.1 Å². The van der Waals surface area contributed by atoms with Gasteiger partial charge in [-0.15, -0.1) is 0 Å². The molecular formula is C20H24N2O5. The van der Waals surface area contributed by atoms with E-state index in [0.29, 0.717) is 35.9 Å². The van der Waals surface area contributed by atoms with Crippen LogP contribution >= 0.6 is 0 Å². The van der Waals surface area contributed by atoms with Crippen molar-refractivity contribution in [2.45, 2.75) is 13.0 Å². The van der Waals surface area contributed by atoms with E-state index < -0.39 is 6.10 Å². The predicted molar refractivity (Wildman–Crippen MR) is 102 cm³/mol. The van der Waals surface area contributed by atoms with Gasteiger partial charge in [0.2, 0.25) is 0 Å². The van der Waals surface area contributed by atoms with Gasteiger partial charge in [0.25, 0.3) is 11.8 Å². The Balaban J connectivity index is 1.93. The lowest BCUT2D eigenvalue weighted by molar-refractivity contribution is -0.122. The van der Waals surface area contributed by atoms with Crippen LogP contribution in [0.4, 0.5) is 5.69 Å². The number of carbonyl (C=O) groups is 2. The maximum Gasteiger partial charge on any atom is 0.265 e. The van der Waals surface area contributed by atoms with Crippen LogP contribution in [0.25, 0.3) is 0 Å². The zero-order valence-electron chi connectivity index (χ0n) is 15.7. The van der Waals surface area contributed by atoms with Gasteiger partial charge in [0.05, 0.1) is 13.7 Å². The molecule has 0 saturated heterocycles. The van der Waals surface area contributed by atoms with Gasteiger partial charge < -0.3 is 24.8 Å². The first-order valence-corrected chi connectivity index (χ1v) is 8.52. The smallest absolute Gasteiger partial charge is 0.265 e. The van der Waals surface area contributed by atoms with Crippen molar-refractivity contribution >= 4 is 17.5 Å². The predicted octanol–water partition coefficient (Wildman–Crippen LogP) is 2.48. The summed E-state index contributed by atoms with van der Waals surface area (Å²) in [6.45, 7) is 2.50. The van der Waals surface area contributed by atoms with Gasteiger partial charge in [0.1, 0.15) is 11.5 Å². The van der Waals surface area contributed by atoms with Crippen LogP contribution in [0.2, 0.25) is 0 Å². The van der Waals surface area contributed by atoms with Crippen LogP contribution in [0.5, 0.6) is 11.5 Å². The Morgan fingerprint density at radius 2 is 1.74 bits per heavy atom. The van der Waals surface area contributed by atoms with E-state index in [9.17, 15) is 9.59 Å². The number of anilines is 1. The van der Waals surface area contributed by atoms with Crippen LogP contribution in [-0.2, 0) is 9.53 Å². The molecule has 0 bridgehead atoms. The summed E-state index contributed by atoms with van der Waals surface area (Å²) < 4.78 is 15.6. The normalized spacial score (nSPS) is 11.4. The molecule has 2 aromatic rings. The number of methoxy groups -OCH3 is 2. The Morgan fingerprint density at radius 3 is 2.41 bits per heavy atom. The maximum atomic E-state index is 12.4. The van der Waals surface area contributed by atoms with Gasteiger partial charge in [-0.05, 0) is 49.4 Å². The minimum atomic E-state index is -0.711. The van der Waals surface area contributed by atoms with Crippen LogP contribution in [0.3, 0.4) is 0 Å². The van der Waals surface area contributed by atoms with E-state index in [4.69, 9.17) is 14.2 Å². The highest BCUT2D eigenvalue weighted by molar-refractivity contribution is 5.98. The summed E-state index contributed by atoms with van der Waals surface area (Å²) in [5, 5.41) is 5.49. The largest absolute Gasteiger partial charge is 0.497 e. The Labute approximate surface area is 158 Å². The fourth-order valence-electron chi connectivity index (χ4n) is 2.26. The number of hydrogen-bond acceptors (Lipinski definition) is 5. The van der Waals surface area contributed by atoms with Crippen molar-refractivity contribution in [1.82, 2.24) is 5.32 Å². The number of ether oxygens (including phenoxy) is 3. The molecule has 1 unspecified atom stereocenters. The maximum absolute atomic E-state index is 12.4. The first-order valence-electron chi connectivity index (χ1n) is 8.52. The van der Waals surface area contributed by atoms with Crippen molar-refractivity contribution in [3.63, 3.8) is 0 Å². The molecule has 0 radical (unpaired) electrons. The highest BCUT2D eigenvalue weighted by Crippen LogP contribution is 2.19. The summed E-state index contributed by atoms with van der Waals surface area (Å²) in [6.07, 6.45) is -0.711. The van der Waals surface area contributed by atoms with Crippen molar-refractivity contribution in [3.8, 4) is 11.5 Å². The highest BCUT2D eigenvalue weighted by Gasteiger charge is 2.15. The van der Waals surface area contributed by atoms with Crippen LogP contribution in [0, 0.1) is 0 Å². The van der Waals surface area contributed by atoms with Gasteiger partial charge in [-0.25, -0.2) is 0 Å². The average molecular weight is 372 g/mol. The number of rotatable bonds is 9.